The van der Waals surface area contributed by atoms with Crippen molar-refractivity contribution in [2.45, 2.75) is 51.4 Å². The zero-order valence-electron chi connectivity index (χ0n) is 13.2. The van der Waals surface area contributed by atoms with Gasteiger partial charge in [0.1, 0.15) is 17.8 Å². The quantitative estimate of drug-likeness (QED) is 0.586. The lowest BCUT2D eigenvalue weighted by Crippen LogP contribution is -2.58. The molecule has 3 aliphatic carbocycles. The highest BCUT2D eigenvalue weighted by Crippen LogP contribution is 2.74. The van der Waals surface area contributed by atoms with Crippen LogP contribution >= 0.6 is 0 Å². The average molecular weight is 306 g/mol. The summed E-state index contributed by atoms with van der Waals surface area (Å²) in [6.45, 7) is 9.35. The van der Waals surface area contributed by atoms with Gasteiger partial charge in [0, 0.05) is 30.3 Å². The molecule has 5 nitrogen and oxygen atoms in total. The van der Waals surface area contributed by atoms with E-state index in [1.165, 1.54) is 6.92 Å². The number of esters is 2. The van der Waals surface area contributed by atoms with Gasteiger partial charge in [-0.05, 0) is 24.2 Å². The molecule has 22 heavy (non-hydrogen) atoms. The molecular formula is C17H22O5. The van der Waals surface area contributed by atoms with Gasteiger partial charge in [-0.3, -0.25) is 4.79 Å². The Bertz CT molecular complexity index is 598. The van der Waals surface area contributed by atoms with E-state index in [0.717, 1.165) is 6.42 Å². The lowest BCUT2D eigenvalue weighted by molar-refractivity contribution is -0.189. The first-order chi connectivity index (χ1) is 10.2. The van der Waals surface area contributed by atoms with E-state index in [-0.39, 0.29) is 41.2 Å². The van der Waals surface area contributed by atoms with Crippen LogP contribution in [0.3, 0.4) is 0 Å². The molecular weight excluding hydrogens is 284 g/mol. The molecule has 0 spiro atoms. The molecule has 1 N–H and O–H groups in total. The molecule has 0 aromatic rings. The second-order valence-corrected chi connectivity index (χ2v) is 7.81. The van der Waals surface area contributed by atoms with Crippen molar-refractivity contribution >= 4 is 11.9 Å². The largest absolute Gasteiger partial charge is 0.462 e. The Hall–Kier alpha value is -1.36. The van der Waals surface area contributed by atoms with Crippen molar-refractivity contribution in [3.05, 3.63) is 12.2 Å². The molecule has 1 aliphatic heterocycles. The number of hydrogen-bond acceptors (Lipinski definition) is 5. The van der Waals surface area contributed by atoms with Crippen molar-refractivity contribution in [3.8, 4) is 0 Å². The number of rotatable bonds is 1. The van der Waals surface area contributed by atoms with E-state index in [2.05, 4.69) is 13.5 Å². The third-order valence-corrected chi connectivity index (χ3v) is 6.89. The second-order valence-electron chi connectivity index (χ2n) is 7.81. The predicted octanol–water partition coefficient (Wildman–Crippen LogP) is 1.44. The molecule has 0 radical (unpaired) electrons. The molecule has 0 aromatic heterocycles. The van der Waals surface area contributed by atoms with Gasteiger partial charge in [-0.25, -0.2) is 4.79 Å². The minimum absolute atomic E-state index is 0.00991. The molecule has 3 saturated carbocycles. The maximum atomic E-state index is 12.0. The van der Waals surface area contributed by atoms with Gasteiger partial charge in [0.2, 0.25) is 0 Å². The molecule has 0 amide bonds. The maximum absolute atomic E-state index is 12.0. The number of aliphatic hydroxyl groups is 1. The fourth-order valence-corrected chi connectivity index (χ4v) is 5.63. The maximum Gasteiger partial charge on any atom is 0.334 e. The summed E-state index contributed by atoms with van der Waals surface area (Å²) in [7, 11) is 0. The summed E-state index contributed by atoms with van der Waals surface area (Å²) in [5.74, 6) is -0.750. The first kappa shape index (κ1) is 14.2. The molecule has 0 bridgehead atoms. The van der Waals surface area contributed by atoms with Crippen molar-refractivity contribution in [1.82, 2.24) is 0 Å². The summed E-state index contributed by atoms with van der Waals surface area (Å²) in [4.78, 5) is 23.3. The molecule has 0 unspecified atom stereocenters. The van der Waals surface area contributed by atoms with E-state index in [9.17, 15) is 14.7 Å². The SMILES string of the molecule is C=C1C(=O)O[C@@H]2[C@H]1[C@H]1C[C@@]1(C)[C@@H]1C[C@H](OC(C)=O)[C@H](C)[C@]21O. The number of carbonyl (C=O) groups is 2. The third kappa shape index (κ3) is 1.43. The van der Waals surface area contributed by atoms with Crippen molar-refractivity contribution in [1.29, 1.82) is 0 Å². The standard InChI is InChI=1S/C17H22O5/c1-7-13-10-6-16(10,4)12-5-11(21-9(3)18)8(2)17(12,20)14(13)22-15(7)19/h8,10-14,20H,1,5-6H2,2-4H3/t8-,10+,11-,12-,13+,14+,16+,17+/m0/s1. The van der Waals surface area contributed by atoms with Crippen molar-refractivity contribution in [2.75, 3.05) is 0 Å². The molecule has 120 valence electrons. The van der Waals surface area contributed by atoms with E-state index in [1.54, 1.807) is 0 Å². The van der Waals surface area contributed by atoms with Gasteiger partial charge in [0.25, 0.3) is 0 Å². The van der Waals surface area contributed by atoms with Gasteiger partial charge in [-0.2, -0.15) is 0 Å². The van der Waals surface area contributed by atoms with Crippen molar-refractivity contribution in [2.24, 2.45) is 29.1 Å². The molecule has 4 fully saturated rings. The third-order valence-electron chi connectivity index (χ3n) is 6.89. The summed E-state index contributed by atoms with van der Waals surface area (Å²) in [6.07, 6.45) is 0.735. The lowest BCUT2D eigenvalue weighted by atomic mass is 9.62. The molecule has 1 saturated heterocycles. The summed E-state index contributed by atoms with van der Waals surface area (Å²) < 4.78 is 11.0. The number of ether oxygens (including phenoxy) is 2. The second kappa shape index (κ2) is 3.94. The minimum atomic E-state index is -1.14. The van der Waals surface area contributed by atoms with Crippen molar-refractivity contribution < 1.29 is 24.2 Å². The van der Waals surface area contributed by atoms with Crippen LogP contribution in [0, 0.1) is 29.1 Å². The molecule has 0 aromatic carbocycles. The highest BCUT2D eigenvalue weighted by molar-refractivity contribution is 5.91. The van der Waals surface area contributed by atoms with Gasteiger partial charge in [-0.15, -0.1) is 0 Å². The summed E-state index contributed by atoms with van der Waals surface area (Å²) in [5, 5.41) is 11.5. The van der Waals surface area contributed by atoms with Crippen LogP contribution in [-0.4, -0.2) is 34.9 Å². The first-order valence-corrected chi connectivity index (χ1v) is 8.00. The Morgan fingerprint density at radius 3 is 2.82 bits per heavy atom. The minimum Gasteiger partial charge on any atom is -0.462 e. The monoisotopic (exact) mass is 306 g/mol. The topological polar surface area (TPSA) is 72.8 Å². The van der Waals surface area contributed by atoms with E-state index in [0.29, 0.717) is 17.9 Å². The van der Waals surface area contributed by atoms with Gasteiger partial charge >= 0.3 is 11.9 Å². The van der Waals surface area contributed by atoms with Crippen LogP contribution < -0.4 is 0 Å². The zero-order chi connectivity index (χ0) is 16.0. The van der Waals surface area contributed by atoms with Crippen LogP contribution in [0.5, 0.6) is 0 Å². The summed E-state index contributed by atoms with van der Waals surface area (Å²) in [6, 6.07) is 0. The van der Waals surface area contributed by atoms with E-state index < -0.39 is 11.7 Å². The Morgan fingerprint density at radius 2 is 2.18 bits per heavy atom. The van der Waals surface area contributed by atoms with Gasteiger partial charge in [0.15, 0.2) is 0 Å². The van der Waals surface area contributed by atoms with Crippen LogP contribution in [0.25, 0.3) is 0 Å². The molecule has 1 heterocycles. The molecule has 5 heteroatoms. The number of carbonyl (C=O) groups excluding carboxylic acids is 2. The highest BCUT2D eigenvalue weighted by Gasteiger charge is 2.78. The first-order valence-electron chi connectivity index (χ1n) is 8.00. The van der Waals surface area contributed by atoms with Crippen LogP contribution in [0.1, 0.15) is 33.6 Å². The van der Waals surface area contributed by atoms with E-state index >= 15 is 0 Å². The normalized spacial score (nSPS) is 55.1. The average Bonchev–Trinajstić information content (AvgIpc) is 2.93. The fourth-order valence-electron chi connectivity index (χ4n) is 5.63. The van der Waals surface area contributed by atoms with Gasteiger partial charge < -0.3 is 14.6 Å². The fraction of sp³-hybridized carbons (Fsp3) is 0.765. The number of hydrogen-bond donors (Lipinski definition) is 1. The highest BCUT2D eigenvalue weighted by atomic mass is 16.6. The van der Waals surface area contributed by atoms with Gasteiger partial charge in [-0.1, -0.05) is 20.4 Å². The van der Waals surface area contributed by atoms with Crippen molar-refractivity contribution in [3.63, 3.8) is 0 Å². The van der Waals surface area contributed by atoms with E-state index in [4.69, 9.17) is 9.47 Å². The van der Waals surface area contributed by atoms with Crippen LogP contribution in [-0.2, 0) is 19.1 Å². The smallest absolute Gasteiger partial charge is 0.334 e. The summed E-state index contributed by atoms with van der Waals surface area (Å²) >= 11 is 0. The molecule has 8 atom stereocenters. The lowest BCUT2D eigenvalue weighted by Gasteiger charge is -2.47. The van der Waals surface area contributed by atoms with Gasteiger partial charge in [0.05, 0.1) is 0 Å². The Kier molecular flexibility index (Phi) is 2.55. The Labute approximate surface area is 129 Å². The van der Waals surface area contributed by atoms with Crippen LogP contribution in [0.4, 0.5) is 0 Å². The Balaban J connectivity index is 1.77. The predicted molar refractivity (Wildman–Crippen MR) is 76.5 cm³/mol. The molecule has 4 rings (SSSR count). The zero-order valence-corrected chi connectivity index (χ0v) is 13.2. The Morgan fingerprint density at radius 1 is 1.50 bits per heavy atom. The number of fused-ring (bicyclic) bond motifs is 6. The van der Waals surface area contributed by atoms with E-state index in [1.807, 2.05) is 6.92 Å². The summed E-state index contributed by atoms with van der Waals surface area (Å²) in [5.41, 5.74) is -0.661. The molecule has 4 aliphatic rings. The van der Waals surface area contributed by atoms with Crippen LogP contribution in [0.2, 0.25) is 0 Å². The van der Waals surface area contributed by atoms with Crippen LogP contribution in [0.15, 0.2) is 12.2 Å².